The maximum atomic E-state index is 11.7. The molecular formula is C17H27N3O2S. The van der Waals surface area contributed by atoms with E-state index in [0.29, 0.717) is 6.54 Å². The second-order valence-electron chi connectivity index (χ2n) is 6.83. The molecule has 6 heteroatoms. The van der Waals surface area contributed by atoms with Crippen molar-refractivity contribution >= 4 is 17.2 Å². The third kappa shape index (κ3) is 4.53. The monoisotopic (exact) mass is 337 g/mol. The molecule has 23 heavy (non-hydrogen) atoms. The van der Waals surface area contributed by atoms with Gasteiger partial charge in [0, 0.05) is 43.5 Å². The molecule has 2 aliphatic heterocycles. The molecule has 1 atom stereocenters. The molecular weight excluding hydrogens is 310 g/mol. The van der Waals surface area contributed by atoms with Crippen LogP contribution in [0.2, 0.25) is 0 Å². The fraction of sp³-hybridized carbons (Fsp3) is 0.706. The summed E-state index contributed by atoms with van der Waals surface area (Å²) in [4.78, 5) is 18.0. The standard InChI is InChI=1S/C17H27N3O2S/c1-18-16(21)11-20-7-8-22-14-17(13-20)5-3-6-19(12-17)10-15-4-2-9-23-15/h2,4,9H,3,5-8,10-14H2,1H3,(H,18,21). The third-order valence-electron chi connectivity index (χ3n) is 4.87. The van der Waals surface area contributed by atoms with Crippen molar-refractivity contribution in [2.24, 2.45) is 5.41 Å². The maximum absolute atomic E-state index is 11.7. The number of carbonyl (C=O) groups is 1. The topological polar surface area (TPSA) is 44.8 Å². The second-order valence-corrected chi connectivity index (χ2v) is 7.86. The van der Waals surface area contributed by atoms with E-state index in [4.69, 9.17) is 4.74 Å². The molecule has 0 saturated carbocycles. The van der Waals surface area contributed by atoms with Crippen LogP contribution in [0.1, 0.15) is 17.7 Å². The minimum Gasteiger partial charge on any atom is -0.379 e. The highest BCUT2D eigenvalue weighted by molar-refractivity contribution is 7.09. The lowest BCUT2D eigenvalue weighted by molar-refractivity contribution is -0.122. The fourth-order valence-corrected chi connectivity index (χ4v) is 4.56. The molecule has 0 aliphatic carbocycles. The summed E-state index contributed by atoms with van der Waals surface area (Å²) in [5.41, 5.74) is 0.167. The van der Waals surface area contributed by atoms with Gasteiger partial charge in [0.15, 0.2) is 0 Å². The molecule has 1 unspecified atom stereocenters. The quantitative estimate of drug-likeness (QED) is 0.902. The Kier molecular flexibility index (Phi) is 5.69. The zero-order chi connectivity index (χ0) is 16.1. The largest absolute Gasteiger partial charge is 0.379 e. The molecule has 3 rings (SSSR count). The second kappa shape index (κ2) is 7.75. The number of hydrogen-bond acceptors (Lipinski definition) is 5. The van der Waals surface area contributed by atoms with Gasteiger partial charge in [-0.25, -0.2) is 0 Å². The Bertz CT molecular complexity index is 508. The van der Waals surface area contributed by atoms with E-state index < -0.39 is 0 Å². The van der Waals surface area contributed by atoms with E-state index in [9.17, 15) is 4.79 Å². The van der Waals surface area contributed by atoms with Crippen LogP contribution in [0.15, 0.2) is 17.5 Å². The third-order valence-corrected chi connectivity index (χ3v) is 5.73. The summed E-state index contributed by atoms with van der Waals surface area (Å²) >= 11 is 1.83. The summed E-state index contributed by atoms with van der Waals surface area (Å²) < 4.78 is 5.92. The van der Waals surface area contributed by atoms with Crippen LogP contribution in [0.3, 0.4) is 0 Å². The molecule has 3 heterocycles. The van der Waals surface area contributed by atoms with Gasteiger partial charge >= 0.3 is 0 Å². The lowest BCUT2D eigenvalue weighted by Crippen LogP contribution is -2.51. The average molecular weight is 337 g/mol. The first-order valence-electron chi connectivity index (χ1n) is 8.45. The molecule has 1 amide bonds. The van der Waals surface area contributed by atoms with Crippen LogP contribution in [0, 0.1) is 5.41 Å². The Morgan fingerprint density at radius 2 is 2.26 bits per heavy atom. The van der Waals surface area contributed by atoms with Crippen LogP contribution >= 0.6 is 11.3 Å². The number of nitrogens with one attached hydrogen (secondary N) is 1. The van der Waals surface area contributed by atoms with E-state index >= 15 is 0 Å². The minimum absolute atomic E-state index is 0.0910. The smallest absolute Gasteiger partial charge is 0.233 e. The SMILES string of the molecule is CNC(=O)CN1CCOCC2(CCCN(Cc3cccs3)C2)C1. The van der Waals surface area contributed by atoms with Crippen LogP contribution in [0.4, 0.5) is 0 Å². The Hall–Kier alpha value is -0.950. The van der Waals surface area contributed by atoms with Gasteiger partial charge in [-0.1, -0.05) is 6.07 Å². The van der Waals surface area contributed by atoms with Crippen LogP contribution in [-0.2, 0) is 16.1 Å². The predicted molar refractivity (Wildman–Crippen MR) is 92.6 cm³/mol. The number of thiophene rings is 1. The van der Waals surface area contributed by atoms with Crippen molar-refractivity contribution in [3.8, 4) is 0 Å². The lowest BCUT2D eigenvalue weighted by Gasteiger charge is -2.43. The van der Waals surface area contributed by atoms with Gasteiger partial charge in [0.2, 0.25) is 5.91 Å². The van der Waals surface area contributed by atoms with Crippen molar-refractivity contribution < 1.29 is 9.53 Å². The lowest BCUT2D eigenvalue weighted by atomic mass is 9.80. The molecule has 1 spiro atoms. The number of hydrogen-bond donors (Lipinski definition) is 1. The average Bonchev–Trinajstić information content (AvgIpc) is 2.97. The molecule has 2 aliphatic rings. The van der Waals surface area contributed by atoms with Gasteiger partial charge in [0.25, 0.3) is 0 Å². The summed E-state index contributed by atoms with van der Waals surface area (Å²) in [7, 11) is 1.70. The first kappa shape index (κ1) is 16.9. The van der Waals surface area contributed by atoms with Gasteiger partial charge in [-0.2, -0.15) is 0 Å². The summed E-state index contributed by atoms with van der Waals surface area (Å²) in [6.45, 7) is 7.09. The zero-order valence-electron chi connectivity index (χ0n) is 13.9. The molecule has 1 aromatic rings. The normalized spacial score (nSPS) is 27.0. The Morgan fingerprint density at radius 3 is 3.04 bits per heavy atom. The van der Waals surface area contributed by atoms with Crippen molar-refractivity contribution in [1.82, 2.24) is 15.1 Å². The Morgan fingerprint density at radius 1 is 1.39 bits per heavy atom. The predicted octanol–water partition coefficient (Wildman–Crippen LogP) is 1.41. The van der Waals surface area contributed by atoms with Crippen LogP contribution in [0.5, 0.6) is 0 Å². The van der Waals surface area contributed by atoms with Crippen molar-refractivity contribution in [2.75, 3.05) is 53.0 Å². The molecule has 2 saturated heterocycles. The molecule has 1 N–H and O–H groups in total. The Labute approximate surface area is 142 Å². The summed E-state index contributed by atoms with van der Waals surface area (Å²) in [6, 6.07) is 4.34. The summed E-state index contributed by atoms with van der Waals surface area (Å²) in [6.07, 6.45) is 2.40. The fourth-order valence-electron chi connectivity index (χ4n) is 3.81. The number of nitrogens with zero attached hydrogens (tertiary/aromatic N) is 2. The molecule has 0 bridgehead atoms. The molecule has 1 aromatic heterocycles. The van der Waals surface area contributed by atoms with E-state index in [0.717, 1.165) is 45.9 Å². The molecule has 5 nitrogen and oxygen atoms in total. The number of likely N-dealkylation sites (N-methyl/N-ethyl adjacent to an activating group) is 1. The van der Waals surface area contributed by atoms with E-state index in [1.165, 1.54) is 17.7 Å². The first-order chi connectivity index (χ1) is 11.2. The number of piperidine rings is 1. The van der Waals surface area contributed by atoms with Crippen molar-refractivity contribution in [3.63, 3.8) is 0 Å². The van der Waals surface area contributed by atoms with Crippen LogP contribution < -0.4 is 5.32 Å². The van der Waals surface area contributed by atoms with Crippen LogP contribution in [-0.4, -0.2) is 68.7 Å². The Balaban J connectivity index is 1.64. The van der Waals surface area contributed by atoms with Gasteiger partial charge in [0.05, 0.1) is 19.8 Å². The summed E-state index contributed by atoms with van der Waals surface area (Å²) in [5, 5.41) is 4.88. The first-order valence-corrected chi connectivity index (χ1v) is 9.32. The molecule has 0 radical (unpaired) electrons. The van der Waals surface area contributed by atoms with Crippen LogP contribution in [0.25, 0.3) is 0 Å². The number of rotatable bonds is 4. The summed E-state index contributed by atoms with van der Waals surface area (Å²) in [5.74, 6) is 0.0910. The highest BCUT2D eigenvalue weighted by Gasteiger charge is 2.39. The van der Waals surface area contributed by atoms with Gasteiger partial charge in [0.1, 0.15) is 0 Å². The number of amides is 1. The van der Waals surface area contributed by atoms with Crippen molar-refractivity contribution in [1.29, 1.82) is 0 Å². The molecule has 128 valence electrons. The minimum atomic E-state index is 0.0910. The van der Waals surface area contributed by atoms with Crippen molar-refractivity contribution in [2.45, 2.75) is 19.4 Å². The number of ether oxygens (including phenoxy) is 1. The van der Waals surface area contributed by atoms with E-state index in [2.05, 4.69) is 32.6 Å². The van der Waals surface area contributed by atoms with E-state index in [1.54, 1.807) is 7.05 Å². The highest BCUT2D eigenvalue weighted by Crippen LogP contribution is 2.33. The highest BCUT2D eigenvalue weighted by atomic mass is 32.1. The molecule has 0 aromatic carbocycles. The van der Waals surface area contributed by atoms with Gasteiger partial charge in [-0.05, 0) is 30.8 Å². The van der Waals surface area contributed by atoms with Gasteiger partial charge in [-0.3, -0.25) is 14.6 Å². The van der Waals surface area contributed by atoms with Gasteiger partial charge in [-0.15, -0.1) is 11.3 Å². The number of likely N-dealkylation sites (tertiary alicyclic amines) is 1. The van der Waals surface area contributed by atoms with E-state index in [-0.39, 0.29) is 11.3 Å². The molecule has 2 fully saturated rings. The zero-order valence-corrected chi connectivity index (χ0v) is 14.7. The van der Waals surface area contributed by atoms with Gasteiger partial charge < -0.3 is 10.1 Å². The van der Waals surface area contributed by atoms with Crippen molar-refractivity contribution in [3.05, 3.63) is 22.4 Å². The van der Waals surface area contributed by atoms with E-state index in [1.807, 2.05) is 11.3 Å². The number of carbonyl (C=O) groups excluding carboxylic acids is 1. The maximum Gasteiger partial charge on any atom is 0.233 e.